The molecule has 26 heavy (non-hydrogen) atoms. The van der Waals surface area contributed by atoms with E-state index in [-0.39, 0.29) is 24.4 Å². The maximum Gasteiger partial charge on any atom is 0.251 e. The van der Waals surface area contributed by atoms with Crippen LogP contribution in [0.5, 0.6) is 0 Å². The van der Waals surface area contributed by atoms with Gasteiger partial charge in [0.05, 0.1) is 6.54 Å². The number of rotatable bonds is 7. The van der Waals surface area contributed by atoms with Gasteiger partial charge in [-0.05, 0) is 68.7 Å². The highest BCUT2D eigenvalue weighted by atomic mass is 16.2. The van der Waals surface area contributed by atoms with Crippen LogP contribution in [0.2, 0.25) is 0 Å². The average Bonchev–Trinajstić information content (AvgIpc) is 2.59. The molecule has 0 aliphatic carbocycles. The van der Waals surface area contributed by atoms with Gasteiger partial charge in [0.1, 0.15) is 0 Å². The number of hydrogen-bond acceptors (Lipinski definition) is 3. The molecule has 2 rings (SSSR count). The highest BCUT2D eigenvalue weighted by Gasteiger charge is 2.10. The van der Waals surface area contributed by atoms with E-state index in [9.17, 15) is 9.59 Å². The van der Waals surface area contributed by atoms with E-state index in [4.69, 9.17) is 0 Å². The molecular formula is C21H27N3O2. The third kappa shape index (κ3) is 5.92. The maximum absolute atomic E-state index is 12.2. The molecule has 3 N–H and O–H groups in total. The van der Waals surface area contributed by atoms with Gasteiger partial charge in [-0.3, -0.25) is 9.59 Å². The Morgan fingerprint density at radius 1 is 1.00 bits per heavy atom. The van der Waals surface area contributed by atoms with Crippen molar-refractivity contribution < 1.29 is 9.59 Å². The van der Waals surface area contributed by atoms with Gasteiger partial charge in [0.2, 0.25) is 5.91 Å². The molecule has 1 unspecified atom stereocenters. The van der Waals surface area contributed by atoms with Gasteiger partial charge in [0.15, 0.2) is 0 Å². The van der Waals surface area contributed by atoms with Crippen molar-refractivity contribution in [2.75, 3.05) is 17.2 Å². The van der Waals surface area contributed by atoms with E-state index in [1.54, 1.807) is 24.3 Å². The fourth-order valence-electron chi connectivity index (χ4n) is 2.61. The van der Waals surface area contributed by atoms with E-state index >= 15 is 0 Å². The second-order valence-electron chi connectivity index (χ2n) is 6.64. The maximum atomic E-state index is 12.2. The van der Waals surface area contributed by atoms with E-state index in [1.807, 2.05) is 39.8 Å². The molecule has 2 aromatic carbocycles. The number of hydrogen-bond donors (Lipinski definition) is 3. The SMILES string of the molecule is CCC(C)NC(=O)c1cccc(NC(=O)CNc2cc(C)cc(C)c2)c1. The van der Waals surface area contributed by atoms with Crippen LogP contribution in [0.15, 0.2) is 42.5 Å². The van der Waals surface area contributed by atoms with Crippen molar-refractivity contribution in [3.63, 3.8) is 0 Å². The van der Waals surface area contributed by atoms with Crippen LogP contribution in [0.4, 0.5) is 11.4 Å². The van der Waals surface area contributed by atoms with Crippen molar-refractivity contribution in [1.82, 2.24) is 5.32 Å². The van der Waals surface area contributed by atoms with Gasteiger partial charge in [-0.1, -0.05) is 19.1 Å². The van der Waals surface area contributed by atoms with Crippen LogP contribution in [-0.2, 0) is 4.79 Å². The molecule has 2 amide bonds. The minimum Gasteiger partial charge on any atom is -0.376 e. The number of nitrogens with one attached hydrogen (secondary N) is 3. The van der Waals surface area contributed by atoms with Gasteiger partial charge >= 0.3 is 0 Å². The molecule has 5 nitrogen and oxygen atoms in total. The molecule has 0 fully saturated rings. The second kappa shape index (κ2) is 9.04. The zero-order valence-electron chi connectivity index (χ0n) is 15.8. The molecule has 2 aromatic rings. The van der Waals surface area contributed by atoms with E-state index in [0.717, 1.165) is 23.2 Å². The fraction of sp³-hybridized carbons (Fsp3) is 0.333. The normalized spacial score (nSPS) is 11.5. The van der Waals surface area contributed by atoms with Crippen molar-refractivity contribution in [3.05, 3.63) is 59.2 Å². The molecule has 0 aromatic heterocycles. The van der Waals surface area contributed by atoms with Crippen LogP contribution in [0.25, 0.3) is 0 Å². The first kappa shape index (κ1) is 19.5. The summed E-state index contributed by atoms with van der Waals surface area (Å²) in [6.07, 6.45) is 0.867. The predicted octanol–water partition coefficient (Wildman–Crippen LogP) is 3.88. The van der Waals surface area contributed by atoms with Gasteiger partial charge in [-0.25, -0.2) is 0 Å². The van der Waals surface area contributed by atoms with E-state index in [2.05, 4.69) is 22.0 Å². The van der Waals surface area contributed by atoms with Crippen LogP contribution in [0, 0.1) is 13.8 Å². The molecule has 0 radical (unpaired) electrons. The van der Waals surface area contributed by atoms with Crippen LogP contribution in [-0.4, -0.2) is 24.4 Å². The zero-order chi connectivity index (χ0) is 19.1. The Balaban J connectivity index is 1.94. The van der Waals surface area contributed by atoms with Crippen molar-refractivity contribution in [3.8, 4) is 0 Å². The third-order valence-electron chi connectivity index (χ3n) is 4.07. The standard InChI is InChI=1S/C21H27N3O2/c1-5-16(4)23-21(26)17-7-6-8-18(12-17)24-20(25)13-22-19-10-14(2)9-15(3)11-19/h6-12,16,22H,5,13H2,1-4H3,(H,23,26)(H,24,25). The molecule has 0 aliphatic heterocycles. The predicted molar refractivity (Wildman–Crippen MR) is 107 cm³/mol. The summed E-state index contributed by atoms with van der Waals surface area (Å²) in [4.78, 5) is 24.4. The van der Waals surface area contributed by atoms with Crippen LogP contribution in [0.3, 0.4) is 0 Å². The second-order valence-corrected chi connectivity index (χ2v) is 6.64. The van der Waals surface area contributed by atoms with Gasteiger partial charge in [0.25, 0.3) is 5.91 Å². The molecule has 5 heteroatoms. The molecule has 0 saturated heterocycles. The Morgan fingerprint density at radius 2 is 1.69 bits per heavy atom. The minimum absolute atomic E-state index is 0.114. The van der Waals surface area contributed by atoms with Crippen molar-refractivity contribution >= 4 is 23.2 Å². The number of anilines is 2. The summed E-state index contributed by atoms with van der Waals surface area (Å²) in [5, 5.41) is 8.87. The van der Waals surface area contributed by atoms with Gasteiger partial charge in [-0.15, -0.1) is 0 Å². The molecule has 1 atom stereocenters. The Labute approximate surface area is 155 Å². The van der Waals surface area contributed by atoms with Crippen molar-refractivity contribution in [2.24, 2.45) is 0 Å². The lowest BCUT2D eigenvalue weighted by Gasteiger charge is -2.13. The monoisotopic (exact) mass is 353 g/mol. The first-order valence-corrected chi connectivity index (χ1v) is 8.90. The van der Waals surface area contributed by atoms with E-state index in [0.29, 0.717) is 11.3 Å². The summed E-state index contributed by atoms with van der Waals surface area (Å²) in [5.41, 5.74) is 4.35. The quantitative estimate of drug-likeness (QED) is 0.707. The Kier molecular flexibility index (Phi) is 6.78. The number of benzene rings is 2. The fourth-order valence-corrected chi connectivity index (χ4v) is 2.61. The molecule has 0 aliphatic rings. The zero-order valence-corrected chi connectivity index (χ0v) is 15.8. The van der Waals surface area contributed by atoms with Crippen molar-refractivity contribution in [1.29, 1.82) is 0 Å². The van der Waals surface area contributed by atoms with Crippen molar-refractivity contribution in [2.45, 2.75) is 40.2 Å². The lowest BCUT2D eigenvalue weighted by molar-refractivity contribution is -0.114. The van der Waals surface area contributed by atoms with Crippen LogP contribution < -0.4 is 16.0 Å². The molecule has 0 saturated carbocycles. The summed E-state index contributed by atoms with van der Waals surface area (Å²) >= 11 is 0. The molecule has 0 spiro atoms. The first-order valence-electron chi connectivity index (χ1n) is 8.90. The number of carbonyl (C=O) groups excluding carboxylic acids is 2. The minimum atomic E-state index is -0.163. The Morgan fingerprint density at radius 3 is 2.35 bits per heavy atom. The number of aryl methyl sites for hydroxylation is 2. The summed E-state index contributed by atoms with van der Waals surface area (Å²) in [5.74, 6) is -0.299. The first-order chi connectivity index (χ1) is 12.4. The molecular weight excluding hydrogens is 326 g/mol. The van der Waals surface area contributed by atoms with Crippen LogP contribution in [0.1, 0.15) is 41.8 Å². The molecule has 138 valence electrons. The van der Waals surface area contributed by atoms with Gasteiger partial charge < -0.3 is 16.0 Å². The highest BCUT2D eigenvalue weighted by molar-refractivity contribution is 5.98. The summed E-state index contributed by atoms with van der Waals surface area (Å²) < 4.78 is 0. The van der Waals surface area contributed by atoms with E-state index in [1.165, 1.54) is 0 Å². The van der Waals surface area contributed by atoms with E-state index < -0.39 is 0 Å². The molecule has 0 heterocycles. The topological polar surface area (TPSA) is 70.2 Å². The lowest BCUT2D eigenvalue weighted by Crippen LogP contribution is -2.32. The summed E-state index contributed by atoms with van der Waals surface area (Å²) in [6.45, 7) is 8.18. The largest absolute Gasteiger partial charge is 0.376 e. The van der Waals surface area contributed by atoms with Gasteiger partial charge in [-0.2, -0.15) is 0 Å². The third-order valence-corrected chi connectivity index (χ3v) is 4.07. The highest BCUT2D eigenvalue weighted by Crippen LogP contribution is 2.14. The average molecular weight is 353 g/mol. The van der Waals surface area contributed by atoms with Crippen LogP contribution >= 0.6 is 0 Å². The molecule has 0 bridgehead atoms. The number of carbonyl (C=O) groups is 2. The Hall–Kier alpha value is -2.82. The van der Waals surface area contributed by atoms with Gasteiger partial charge in [0, 0.05) is 23.0 Å². The smallest absolute Gasteiger partial charge is 0.251 e. The summed E-state index contributed by atoms with van der Waals surface area (Å²) in [6, 6.07) is 13.2. The lowest BCUT2D eigenvalue weighted by atomic mass is 10.1. The Bertz CT molecular complexity index is 766. The number of amides is 2. The summed E-state index contributed by atoms with van der Waals surface area (Å²) in [7, 11) is 0.